The van der Waals surface area contributed by atoms with Gasteiger partial charge in [0.05, 0.1) is 5.69 Å². The standard InChI is InChI=1S/C28H20N2O/c1-17-10-12-19-6-3-4-7-21(19)26(17)20-14-15-29-25(16-20)24-9-5-8-22-23-13-11-18(2)30-28(23)31-27(22)24/h3-16H,1-2H3. The van der Waals surface area contributed by atoms with Crippen molar-refractivity contribution < 1.29 is 4.42 Å². The van der Waals surface area contributed by atoms with Crippen molar-refractivity contribution in [1.29, 1.82) is 0 Å². The van der Waals surface area contributed by atoms with E-state index in [9.17, 15) is 0 Å². The molecule has 0 saturated heterocycles. The molecule has 0 N–H and O–H groups in total. The fourth-order valence-electron chi connectivity index (χ4n) is 4.47. The second-order valence-corrected chi connectivity index (χ2v) is 8.00. The first-order valence-electron chi connectivity index (χ1n) is 10.4. The van der Waals surface area contributed by atoms with Gasteiger partial charge in [0, 0.05) is 28.2 Å². The summed E-state index contributed by atoms with van der Waals surface area (Å²) in [7, 11) is 0. The van der Waals surface area contributed by atoms with E-state index >= 15 is 0 Å². The van der Waals surface area contributed by atoms with Gasteiger partial charge in [-0.25, -0.2) is 4.98 Å². The highest BCUT2D eigenvalue weighted by atomic mass is 16.3. The van der Waals surface area contributed by atoms with E-state index in [2.05, 4.69) is 84.7 Å². The molecule has 0 fully saturated rings. The molecule has 3 aromatic carbocycles. The Morgan fingerprint density at radius 3 is 2.55 bits per heavy atom. The average molecular weight is 400 g/mol. The molecule has 0 radical (unpaired) electrons. The van der Waals surface area contributed by atoms with E-state index in [0.29, 0.717) is 5.71 Å². The largest absolute Gasteiger partial charge is 0.437 e. The van der Waals surface area contributed by atoms with Crippen LogP contribution in [-0.2, 0) is 0 Å². The SMILES string of the molecule is Cc1ccc2c(n1)oc1c(-c3cc(-c4c(C)ccc5ccccc45)ccn3)cccc12. The summed E-state index contributed by atoms with van der Waals surface area (Å²) in [6, 6.07) is 27.4. The average Bonchev–Trinajstić information content (AvgIpc) is 3.16. The highest BCUT2D eigenvalue weighted by Crippen LogP contribution is 2.37. The van der Waals surface area contributed by atoms with Crippen molar-refractivity contribution in [2.75, 3.05) is 0 Å². The second-order valence-electron chi connectivity index (χ2n) is 8.00. The molecule has 0 saturated carbocycles. The Kier molecular flexibility index (Phi) is 3.90. The van der Waals surface area contributed by atoms with E-state index in [1.165, 1.54) is 21.9 Å². The summed E-state index contributed by atoms with van der Waals surface area (Å²) in [5.41, 5.74) is 7.96. The molecule has 6 rings (SSSR count). The number of benzene rings is 3. The Bertz CT molecular complexity index is 1610. The fraction of sp³-hybridized carbons (Fsp3) is 0.0714. The quantitative estimate of drug-likeness (QED) is 0.302. The first kappa shape index (κ1) is 17.8. The first-order chi connectivity index (χ1) is 15.2. The van der Waals surface area contributed by atoms with E-state index in [0.717, 1.165) is 38.9 Å². The molecule has 148 valence electrons. The van der Waals surface area contributed by atoms with E-state index in [1.54, 1.807) is 0 Å². The van der Waals surface area contributed by atoms with Crippen LogP contribution in [0.2, 0.25) is 0 Å². The van der Waals surface area contributed by atoms with E-state index in [-0.39, 0.29) is 0 Å². The van der Waals surface area contributed by atoms with Crippen molar-refractivity contribution in [3.8, 4) is 22.4 Å². The van der Waals surface area contributed by atoms with E-state index in [1.807, 2.05) is 19.2 Å². The Morgan fingerprint density at radius 1 is 0.742 bits per heavy atom. The molecule has 0 spiro atoms. The van der Waals surface area contributed by atoms with Gasteiger partial charge in [0.15, 0.2) is 0 Å². The summed E-state index contributed by atoms with van der Waals surface area (Å²) in [5, 5.41) is 4.58. The van der Waals surface area contributed by atoms with Gasteiger partial charge in [-0.05, 0) is 71.6 Å². The van der Waals surface area contributed by atoms with Crippen molar-refractivity contribution >= 4 is 32.8 Å². The molecule has 0 amide bonds. The Labute approximate surface area is 180 Å². The summed E-state index contributed by atoms with van der Waals surface area (Å²) in [6.45, 7) is 4.14. The zero-order valence-corrected chi connectivity index (χ0v) is 17.4. The van der Waals surface area contributed by atoms with Gasteiger partial charge in [-0.2, -0.15) is 0 Å². The smallest absolute Gasteiger partial charge is 0.227 e. The number of pyridine rings is 2. The lowest BCUT2D eigenvalue weighted by atomic mass is 9.93. The molecule has 0 atom stereocenters. The number of nitrogens with zero attached hydrogens (tertiary/aromatic N) is 2. The molecule has 0 aliphatic heterocycles. The molecule has 0 unspecified atom stereocenters. The van der Waals surface area contributed by atoms with Crippen LogP contribution in [0.4, 0.5) is 0 Å². The lowest BCUT2D eigenvalue weighted by Gasteiger charge is -2.12. The van der Waals surface area contributed by atoms with Gasteiger partial charge in [-0.1, -0.05) is 48.5 Å². The molecule has 3 heteroatoms. The van der Waals surface area contributed by atoms with E-state index in [4.69, 9.17) is 9.40 Å². The lowest BCUT2D eigenvalue weighted by Crippen LogP contribution is -1.89. The zero-order valence-electron chi connectivity index (χ0n) is 17.4. The van der Waals surface area contributed by atoms with Crippen LogP contribution < -0.4 is 0 Å². The van der Waals surface area contributed by atoms with Gasteiger partial charge in [-0.3, -0.25) is 4.98 Å². The summed E-state index contributed by atoms with van der Waals surface area (Å²) in [5.74, 6) is 0. The van der Waals surface area contributed by atoms with Gasteiger partial charge < -0.3 is 4.42 Å². The third-order valence-electron chi connectivity index (χ3n) is 5.97. The minimum absolute atomic E-state index is 0.670. The molecule has 0 aliphatic carbocycles. The molecule has 3 heterocycles. The lowest BCUT2D eigenvalue weighted by molar-refractivity contribution is 0.653. The number of fused-ring (bicyclic) bond motifs is 4. The van der Waals surface area contributed by atoms with Crippen molar-refractivity contribution in [2.45, 2.75) is 13.8 Å². The fourth-order valence-corrected chi connectivity index (χ4v) is 4.47. The van der Waals surface area contributed by atoms with Crippen molar-refractivity contribution in [1.82, 2.24) is 9.97 Å². The van der Waals surface area contributed by atoms with Gasteiger partial charge in [0.1, 0.15) is 5.58 Å². The Morgan fingerprint density at radius 2 is 1.61 bits per heavy atom. The highest BCUT2D eigenvalue weighted by molar-refractivity contribution is 6.08. The molecular formula is C28H20N2O. The normalized spacial score (nSPS) is 11.5. The number of aryl methyl sites for hydroxylation is 2. The minimum Gasteiger partial charge on any atom is -0.437 e. The highest BCUT2D eigenvalue weighted by Gasteiger charge is 2.15. The molecule has 31 heavy (non-hydrogen) atoms. The molecular weight excluding hydrogens is 380 g/mol. The number of hydrogen-bond donors (Lipinski definition) is 0. The summed E-state index contributed by atoms with van der Waals surface area (Å²) >= 11 is 0. The predicted octanol–water partition coefficient (Wildman–Crippen LogP) is 7.48. The maximum atomic E-state index is 6.21. The van der Waals surface area contributed by atoms with Crippen LogP contribution in [0.25, 0.3) is 55.2 Å². The molecule has 3 nitrogen and oxygen atoms in total. The van der Waals surface area contributed by atoms with Crippen molar-refractivity contribution in [3.63, 3.8) is 0 Å². The number of aromatic nitrogens is 2. The molecule has 0 bridgehead atoms. The maximum absolute atomic E-state index is 6.21. The van der Waals surface area contributed by atoms with Crippen LogP contribution in [0.15, 0.2) is 89.5 Å². The van der Waals surface area contributed by atoms with Crippen LogP contribution in [0, 0.1) is 13.8 Å². The van der Waals surface area contributed by atoms with Gasteiger partial charge in [0.25, 0.3) is 0 Å². The molecule has 6 aromatic rings. The third kappa shape index (κ3) is 2.82. The number of hydrogen-bond acceptors (Lipinski definition) is 3. The Hall–Kier alpha value is -3.98. The first-order valence-corrected chi connectivity index (χ1v) is 10.4. The number of para-hydroxylation sites is 1. The van der Waals surface area contributed by atoms with Crippen LogP contribution >= 0.6 is 0 Å². The monoisotopic (exact) mass is 400 g/mol. The minimum atomic E-state index is 0.670. The summed E-state index contributed by atoms with van der Waals surface area (Å²) in [4.78, 5) is 9.27. The number of rotatable bonds is 2. The van der Waals surface area contributed by atoms with Gasteiger partial charge in [-0.15, -0.1) is 0 Å². The number of furan rings is 1. The summed E-state index contributed by atoms with van der Waals surface area (Å²) in [6.07, 6.45) is 1.88. The van der Waals surface area contributed by atoms with Crippen LogP contribution in [0.5, 0.6) is 0 Å². The third-order valence-corrected chi connectivity index (χ3v) is 5.97. The van der Waals surface area contributed by atoms with Crippen LogP contribution in [0.1, 0.15) is 11.3 Å². The second kappa shape index (κ2) is 6.78. The van der Waals surface area contributed by atoms with Gasteiger partial charge in [0.2, 0.25) is 5.71 Å². The van der Waals surface area contributed by atoms with Crippen molar-refractivity contribution in [3.05, 3.63) is 96.3 Å². The molecule has 0 aliphatic rings. The van der Waals surface area contributed by atoms with E-state index < -0.39 is 0 Å². The maximum Gasteiger partial charge on any atom is 0.227 e. The summed E-state index contributed by atoms with van der Waals surface area (Å²) < 4.78 is 6.21. The zero-order chi connectivity index (χ0) is 20.9. The molecule has 3 aromatic heterocycles. The topological polar surface area (TPSA) is 38.9 Å². The van der Waals surface area contributed by atoms with Crippen molar-refractivity contribution in [2.24, 2.45) is 0 Å². The van der Waals surface area contributed by atoms with Gasteiger partial charge >= 0.3 is 0 Å². The van der Waals surface area contributed by atoms with Crippen LogP contribution in [-0.4, -0.2) is 9.97 Å². The van der Waals surface area contributed by atoms with Crippen LogP contribution in [0.3, 0.4) is 0 Å². The Balaban J connectivity index is 1.59. The predicted molar refractivity (Wildman–Crippen MR) is 127 cm³/mol.